The molecule has 1 aliphatic carbocycles. The van der Waals surface area contributed by atoms with E-state index in [4.69, 9.17) is 10.7 Å². The standard InChI is InChI=1S/C16H23N3/c1-16(2,3)8-9-19-14-7-6-12(17)10-13(14)18-15(19)11-4-5-11/h6-7,10-11H,4-5,8-9,17H2,1-3H3. The Kier molecular flexibility index (Phi) is 2.80. The molecule has 0 amide bonds. The average molecular weight is 257 g/mol. The fourth-order valence-electron chi connectivity index (χ4n) is 2.50. The molecule has 1 aromatic carbocycles. The molecular weight excluding hydrogens is 234 g/mol. The van der Waals surface area contributed by atoms with E-state index in [1.54, 1.807) is 0 Å². The summed E-state index contributed by atoms with van der Waals surface area (Å²) in [6, 6.07) is 6.09. The lowest BCUT2D eigenvalue weighted by Crippen LogP contribution is -2.12. The highest BCUT2D eigenvalue weighted by atomic mass is 15.1. The molecule has 0 bridgehead atoms. The van der Waals surface area contributed by atoms with Gasteiger partial charge >= 0.3 is 0 Å². The van der Waals surface area contributed by atoms with Crippen LogP contribution < -0.4 is 5.73 Å². The van der Waals surface area contributed by atoms with Gasteiger partial charge in [-0.25, -0.2) is 4.98 Å². The number of hydrogen-bond acceptors (Lipinski definition) is 2. The van der Waals surface area contributed by atoms with Crippen LogP contribution in [0.2, 0.25) is 0 Å². The maximum atomic E-state index is 5.87. The SMILES string of the molecule is CC(C)(C)CCn1c(C2CC2)nc2cc(N)ccc21. The Bertz CT molecular complexity index is 600. The van der Waals surface area contributed by atoms with Crippen LogP contribution in [-0.4, -0.2) is 9.55 Å². The van der Waals surface area contributed by atoms with Crippen LogP contribution in [0, 0.1) is 5.41 Å². The Labute approximate surface area is 114 Å². The minimum Gasteiger partial charge on any atom is -0.399 e. The van der Waals surface area contributed by atoms with Crippen LogP contribution in [0.5, 0.6) is 0 Å². The molecule has 0 aliphatic heterocycles. The number of aromatic nitrogens is 2. The van der Waals surface area contributed by atoms with Gasteiger partial charge in [0.25, 0.3) is 0 Å². The molecule has 1 fully saturated rings. The van der Waals surface area contributed by atoms with Crippen molar-refractivity contribution in [3.8, 4) is 0 Å². The number of aryl methyl sites for hydroxylation is 1. The van der Waals surface area contributed by atoms with Crippen molar-refractivity contribution in [3.63, 3.8) is 0 Å². The summed E-state index contributed by atoms with van der Waals surface area (Å²) in [5.74, 6) is 1.94. The maximum Gasteiger partial charge on any atom is 0.112 e. The van der Waals surface area contributed by atoms with E-state index < -0.39 is 0 Å². The van der Waals surface area contributed by atoms with Gasteiger partial charge in [-0.2, -0.15) is 0 Å². The zero-order chi connectivity index (χ0) is 13.6. The van der Waals surface area contributed by atoms with E-state index in [2.05, 4.69) is 31.4 Å². The van der Waals surface area contributed by atoms with E-state index in [9.17, 15) is 0 Å². The van der Waals surface area contributed by atoms with Crippen molar-refractivity contribution >= 4 is 16.7 Å². The topological polar surface area (TPSA) is 43.8 Å². The largest absolute Gasteiger partial charge is 0.399 e. The molecule has 2 N–H and O–H groups in total. The predicted octanol–water partition coefficient (Wildman–Crippen LogP) is 3.93. The highest BCUT2D eigenvalue weighted by Gasteiger charge is 2.29. The molecule has 0 atom stereocenters. The summed E-state index contributed by atoms with van der Waals surface area (Å²) in [4.78, 5) is 4.82. The Balaban J connectivity index is 2.01. The van der Waals surface area contributed by atoms with E-state index in [0.29, 0.717) is 11.3 Å². The molecule has 1 aromatic heterocycles. The van der Waals surface area contributed by atoms with Crippen LogP contribution in [0.4, 0.5) is 5.69 Å². The molecule has 0 radical (unpaired) electrons. The van der Waals surface area contributed by atoms with Crippen molar-refractivity contribution in [2.75, 3.05) is 5.73 Å². The Morgan fingerprint density at radius 3 is 2.68 bits per heavy atom. The number of fused-ring (bicyclic) bond motifs is 1. The molecular formula is C16H23N3. The summed E-state index contributed by atoms with van der Waals surface area (Å²) in [7, 11) is 0. The zero-order valence-electron chi connectivity index (χ0n) is 12.1. The van der Waals surface area contributed by atoms with Crippen molar-refractivity contribution in [2.24, 2.45) is 5.41 Å². The van der Waals surface area contributed by atoms with Gasteiger partial charge in [-0.15, -0.1) is 0 Å². The van der Waals surface area contributed by atoms with Crippen molar-refractivity contribution in [1.29, 1.82) is 0 Å². The highest BCUT2D eigenvalue weighted by Crippen LogP contribution is 2.41. The van der Waals surface area contributed by atoms with E-state index in [1.165, 1.54) is 30.6 Å². The van der Waals surface area contributed by atoms with Gasteiger partial charge < -0.3 is 10.3 Å². The first-order valence-corrected chi connectivity index (χ1v) is 7.20. The van der Waals surface area contributed by atoms with Gasteiger partial charge in [-0.05, 0) is 42.9 Å². The molecule has 19 heavy (non-hydrogen) atoms. The van der Waals surface area contributed by atoms with E-state index in [0.717, 1.165) is 17.7 Å². The fraction of sp³-hybridized carbons (Fsp3) is 0.562. The van der Waals surface area contributed by atoms with Gasteiger partial charge in [0, 0.05) is 18.2 Å². The van der Waals surface area contributed by atoms with Crippen LogP contribution in [0.1, 0.15) is 51.8 Å². The lowest BCUT2D eigenvalue weighted by atomic mass is 9.92. The number of nitrogens with zero attached hydrogens (tertiary/aromatic N) is 2. The number of anilines is 1. The summed E-state index contributed by atoms with van der Waals surface area (Å²) < 4.78 is 2.41. The second-order valence-corrected chi connectivity index (χ2v) is 6.95. The third-order valence-electron chi connectivity index (χ3n) is 3.83. The van der Waals surface area contributed by atoms with Crippen LogP contribution in [0.25, 0.3) is 11.0 Å². The summed E-state index contributed by atoms with van der Waals surface area (Å²) >= 11 is 0. The van der Waals surface area contributed by atoms with Crippen molar-refractivity contribution in [1.82, 2.24) is 9.55 Å². The third-order valence-corrected chi connectivity index (χ3v) is 3.83. The molecule has 3 heteroatoms. The van der Waals surface area contributed by atoms with Gasteiger partial charge in [-0.1, -0.05) is 20.8 Å². The number of rotatable bonds is 3. The molecule has 3 rings (SSSR count). The fourth-order valence-corrected chi connectivity index (χ4v) is 2.50. The molecule has 0 unspecified atom stereocenters. The second kappa shape index (κ2) is 4.26. The van der Waals surface area contributed by atoms with Crippen LogP contribution in [-0.2, 0) is 6.54 Å². The number of benzene rings is 1. The zero-order valence-corrected chi connectivity index (χ0v) is 12.1. The van der Waals surface area contributed by atoms with Gasteiger partial charge in [0.05, 0.1) is 11.0 Å². The Morgan fingerprint density at radius 1 is 1.32 bits per heavy atom. The van der Waals surface area contributed by atoms with Crippen molar-refractivity contribution < 1.29 is 0 Å². The van der Waals surface area contributed by atoms with Crippen LogP contribution >= 0.6 is 0 Å². The molecule has 1 aliphatic rings. The molecule has 3 nitrogen and oxygen atoms in total. The number of nitrogens with two attached hydrogens (primary N) is 1. The predicted molar refractivity (Wildman–Crippen MR) is 80.2 cm³/mol. The summed E-state index contributed by atoms with van der Waals surface area (Å²) in [6.07, 6.45) is 3.74. The van der Waals surface area contributed by atoms with E-state index in [1.807, 2.05) is 12.1 Å². The van der Waals surface area contributed by atoms with E-state index in [-0.39, 0.29) is 0 Å². The number of hydrogen-bond donors (Lipinski definition) is 1. The molecule has 1 saturated carbocycles. The van der Waals surface area contributed by atoms with Gasteiger partial charge in [0.2, 0.25) is 0 Å². The quantitative estimate of drug-likeness (QED) is 0.847. The van der Waals surface area contributed by atoms with E-state index >= 15 is 0 Å². The third kappa shape index (κ3) is 2.60. The minimum absolute atomic E-state index is 0.352. The first-order valence-electron chi connectivity index (χ1n) is 7.20. The first-order chi connectivity index (χ1) is 8.94. The molecule has 102 valence electrons. The van der Waals surface area contributed by atoms with Crippen molar-refractivity contribution in [2.45, 2.75) is 52.5 Å². The van der Waals surface area contributed by atoms with Gasteiger partial charge in [0.1, 0.15) is 5.82 Å². The first kappa shape index (κ1) is 12.5. The lowest BCUT2D eigenvalue weighted by molar-refractivity contribution is 0.350. The second-order valence-electron chi connectivity index (χ2n) is 6.95. The normalized spacial score (nSPS) is 16.2. The summed E-state index contributed by atoms with van der Waals surface area (Å²) in [6.45, 7) is 7.93. The van der Waals surface area contributed by atoms with Crippen LogP contribution in [0.15, 0.2) is 18.2 Å². The molecule has 1 heterocycles. The number of nitrogen functional groups attached to an aromatic ring is 1. The summed E-state index contributed by atoms with van der Waals surface area (Å²) in [5, 5.41) is 0. The molecule has 0 saturated heterocycles. The Morgan fingerprint density at radius 2 is 2.05 bits per heavy atom. The smallest absolute Gasteiger partial charge is 0.112 e. The maximum absolute atomic E-state index is 5.87. The Hall–Kier alpha value is -1.51. The average Bonchev–Trinajstić information content (AvgIpc) is 3.08. The minimum atomic E-state index is 0.352. The van der Waals surface area contributed by atoms with Crippen molar-refractivity contribution in [3.05, 3.63) is 24.0 Å². The molecule has 2 aromatic rings. The monoisotopic (exact) mass is 257 g/mol. The van der Waals surface area contributed by atoms with Crippen LogP contribution in [0.3, 0.4) is 0 Å². The highest BCUT2D eigenvalue weighted by molar-refractivity contribution is 5.79. The van der Waals surface area contributed by atoms with Gasteiger partial charge in [-0.3, -0.25) is 0 Å². The summed E-state index contributed by atoms with van der Waals surface area (Å²) in [5.41, 5.74) is 9.31. The molecule has 0 spiro atoms. The van der Waals surface area contributed by atoms with Gasteiger partial charge in [0.15, 0.2) is 0 Å². The lowest BCUT2D eigenvalue weighted by Gasteiger charge is -2.19. The number of imidazole rings is 1.